The summed E-state index contributed by atoms with van der Waals surface area (Å²) in [5, 5.41) is 2.35. The number of carbonyl (C=O) groups is 1. The van der Waals surface area contributed by atoms with Crippen molar-refractivity contribution in [2.75, 3.05) is 29.4 Å². The van der Waals surface area contributed by atoms with Crippen LogP contribution in [0.2, 0.25) is 0 Å². The summed E-state index contributed by atoms with van der Waals surface area (Å²) >= 11 is 0. The Morgan fingerprint density at radius 2 is 1.68 bits per heavy atom. The largest absolute Gasteiger partial charge is 0.370 e. The minimum absolute atomic E-state index is 0.161. The summed E-state index contributed by atoms with van der Waals surface area (Å²) in [5.41, 5.74) is 4.52. The van der Waals surface area contributed by atoms with Gasteiger partial charge in [0, 0.05) is 25.2 Å². The molecular weight excluding hydrogens is 344 g/mol. The minimum atomic E-state index is 0.161. The second-order valence-electron chi connectivity index (χ2n) is 7.63. The Morgan fingerprint density at radius 3 is 2.57 bits per heavy atom. The van der Waals surface area contributed by atoms with Crippen LogP contribution >= 0.6 is 0 Å². The monoisotopic (exact) mass is 368 g/mol. The van der Waals surface area contributed by atoms with Gasteiger partial charge in [-0.05, 0) is 35.2 Å². The molecule has 28 heavy (non-hydrogen) atoms. The average molecular weight is 368 g/mol. The Bertz CT molecular complexity index is 1060. The molecule has 0 radical (unpaired) electrons. The van der Waals surface area contributed by atoms with Gasteiger partial charge in [-0.2, -0.15) is 0 Å². The van der Waals surface area contributed by atoms with Crippen LogP contribution in [-0.2, 0) is 11.2 Å². The Kier molecular flexibility index (Phi) is 4.36. The first-order valence-corrected chi connectivity index (χ1v) is 10.1. The molecule has 0 unspecified atom stereocenters. The number of para-hydroxylation sites is 1. The van der Waals surface area contributed by atoms with Gasteiger partial charge in [-0.25, -0.2) is 0 Å². The van der Waals surface area contributed by atoms with E-state index in [4.69, 9.17) is 0 Å². The zero-order valence-corrected chi connectivity index (χ0v) is 16.0. The van der Waals surface area contributed by atoms with E-state index in [1.54, 1.807) is 0 Å². The van der Waals surface area contributed by atoms with Gasteiger partial charge in [-0.15, -0.1) is 0 Å². The first-order valence-electron chi connectivity index (χ1n) is 10.1. The van der Waals surface area contributed by atoms with Gasteiger partial charge < -0.3 is 9.80 Å². The van der Waals surface area contributed by atoms with E-state index in [1.165, 1.54) is 29.3 Å². The Morgan fingerprint density at radius 1 is 0.893 bits per heavy atom. The summed E-state index contributed by atoms with van der Waals surface area (Å²) in [5.74, 6) is 0.161. The number of hydrogen-bond donors (Lipinski definition) is 0. The molecule has 3 nitrogen and oxygen atoms in total. The van der Waals surface area contributed by atoms with Gasteiger partial charge in [0.25, 0.3) is 0 Å². The van der Waals surface area contributed by atoms with Crippen LogP contribution in [0, 0.1) is 0 Å². The quantitative estimate of drug-likeness (QED) is 0.646. The smallest absolute Gasteiger partial charge is 0.231 e. The van der Waals surface area contributed by atoms with Crippen molar-refractivity contribution in [3.8, 4) is 0 Å². The fraction of sp³-hybridized carbons (Fsp3) is 0.240. The Balaban J connectivity index is 1.51. The topological polar surface area (TPSA) is 23.6 Å². The van der Waals surface area contributed by atoms with Crippen molar-refractivity contribution in [1.82, 2.24) is 0 Å². The van der Waals surface area contributed by atoms with Crippen LogP contribution in [0.5, 0.6) is 0 Å². The zero-order chi connectivity index (χ0) is 18.9. The summed E-state index contributed by atoms with van der Waals surface area (Å²) in [6.45, 7) is 2.79. The number of carbonyl (C=O) groups excluding carboxylic acids is 1. The van der Waals surface area contributed by atoms with Crippen LogP contribution in [0.3, 0.4) is 0 Å². The van der Waals surface area contributed by atoms with E-state index in [-0.39, 0.29) is 5.91 Å². The molecule has 0 aromatic heterocycles. The van der Waals surface area contributed by atoms with Crippen LogP contribution in [0.1, 0.15) is 24.0 Å². The molecule has 0 spiro atoms. The lowest BCUT2D eigenvalue weighted by atomic mass is 10.00. The molecule has 0 bridgehead atoms. The molecule has 3 heteroatoms. The zero-order valence-electron chi connectivity index (χ0n) is 16.0. The van der Waals surface area contributed by atoms with Crippen molar-refractivity contribution >= 4 is 34.1 Å². The SMILES string of the molecule is O=C(Cc1cccc2ccccc12)N1CC=Cc2cccc(N3CCCC3)c21. The number of anilines is 2. The molecule has 1 fully saturated rings. The second kappa shape index (κ2) is 7.16. The third kappa shape index (κ3) is 2.97. The van der Waals surface area contributed by atoms with Crippen LogP contribution in [0.4, 0.5) is 11.4 Å². The highest BCUT2D eigenvalue weighted by atomic mass is 16.2. The van der Waals surface area contributed by atoms with Crippen molar-refractivity contribution in [1.29, 1.82) is 0 Å². The molecule has 1 amide bonds. The van der Waals surface area contributed by atoms with E-state index in [0.717, 1.165) is 29.9 Å². The van der Waals surface area contributed by atoms with Crippen LogP contribution < -0.4 is 9.80 Å². The summed E-state index contributed by atoms with van der Waals surface area (Å²) in [7, 11) is 0. The molecule has 0 saturated carbocycles. The molecule has 2 aliphatic heterocycles. The molecule has 2 heterocycles. The van der Waals surface area contributed by atoms with Gasteiger partial charge in [-0.1, -0.05) is 66.7 Å². The van der Waals surface area contributed by atoms with Crippen molar-refractivity contribution in [2.24, 2.45) is 0 Å². The van der Waals surface area contributed by atoms with Crippen LogP contribution in [-0.4, -0.2) is 25.5 Å². The molecule has 3 aromatic carbocycles. The first-order chi connectivity index (χ1) is 13.8. The van der Waals surface area contributed by atoms with Gasteiger partial charge in [-0.3, -0.25) is 4.79 Å². The highest BCUT2D eigenvalue weighted by Gasteiger charge is 2.26. The van der Waals surface area contributed by atoms with E-state index in [9.17, 15) is 4.79 Å². The van der Waals surface area contributed by atoms with Gasteiger partial charge in [0.15, 0.2) is 0 Å². The van der Waals surface area contributed by atoms with E-state index in [0.29, 0.717) is 13.0 Å². The van der Waals surface area contributed by atoms with E-state index >= 15 is 0 Å². The molecule has 5 rings (SSSR count). The van der Waals surface area contributed by atoms with Gasteiger partial charge in [0.05, 0.1) is 17.8 Å². The Labute approximate surface area is 165 Å². The highest BCUT2D eigenvalue weighted by molar-refractivity contribution is 6.03. The fourth-order valence-electron chi connectivity index (χ4n) is 4.50. The predicted octanol–water partition coefficient (Wildman–Crippen LogP) is 5.04. The number of nitrogens with zero attached hydrogens (tertiary/aromatic N) is 2. The third-order valence-corrected chi connectivity index (χ3v) is 5.87. The van der Waals surface area contributed by atoms with E-state index in [2.05, 4.69) is 59.5 Å². The number of fused-ring (bicyclic) bond motifs is 2. The van der Waals surface area contributed by atoms with Gasteiger partial charge in [0.1, 0.15) is 0 Å². The van der Waals surface area contributed by atoms with Crippen molar-refractivity contribution < 1.29 is 4.79 Å². The standard InChI is InChI=1S/C25H24N2O/c28-24(18-21-11-5-9-19-8-1-2-13-22(19)21)27-17-7-12-20-10-6-14-23(25(20)27)26-15-3-4-16-26/h1-2,5-14H,3-4,15-18H2. The fourth-order valence-corrected chi connectivity index (χ4v) is 4.50. The number of amides is 1. The lowest BCUT2D eigenvalue weighted by Gasteiger charge is -2.32. The molecule has 0 aliphatic carbocycles. The Hall–Kier alpha value is -3.07. The van der Waals surface area contributed by atoms with Gasteiger partial charge in [0.2, 0.25) is 5.91 Å². The maximum absolute atomic E-state index is 13.4. The van der Waals surface area contributed by atoms with Crippen LogP contribution in [0.25, 0.3) is 16.8 Å². The molecule has 3 aromatic rings. The second-order valence-corrected chi connectivity index (χ2v) is 7.63. The van der Waals surface area contributed by atoms with Gasteiger partial charge >= 0.3 is 0 Å². The molecular formula is C25H24N2O. The molecule has 2 aliphatic rings. The average Bonchev–Trinajstić information content (AvgIpc) is 3.28. The number of rotatable bonds is 3. The lowest BCUT2D eigenvalue weighted by molar-refractivity contribution is -0.117. The molecule has 1 saturated heterocycles. The van der Waals surface area contributed by atoms with Crippen LogP contribution in [0.15, 0.2) is 66.7 Å². The summed E-state index contributed by atoms with van der Waals surface area (Å²) in [4.78, 5) is 17.8. The number of hydrogen-bond acceptors (Lipinski definition) is 2. The first kappa shape index (κ1) is 17.1. The molecule has 0 atom stereocenters. The van der Waals surface area contributed by atoms with Crippen molar-refractivity contribution in [3.63, 3.8) is 0 Å². The third-order valence-electron chi connectivity index (χ3n) is 5.87. The van der Waals surface area contributed by atoms with Crippen molar-refractivity contribution in [3.05, 3.63) is 77.9 Å². The van der Waals surface area contributed by atoms with E-state index in [1.807, 2.05) is 23.1 Å². The van der Waals surface area contributed by atoms with Crippen molar-refractivity contribution in [2.45, 2.75) is 19.3 Å². The lowest BCUT2D eigenvalue weighted by Crippen LogP contribution is -2.36. The maximum Gasteiger partial charge on any atom is 0.231 e. The predicted molar refractivity (Wildman–Crippen MR) is 117 cm³/mol. The molecule has 0 N–H and O–H groups in total. The maximum atomic E-state index is 13.4. The summed E-state index contributed by atoms with van der Waals surface area (Å²) in [6, 6.07) is 20.9. The molecule has 140 valence electrons. The summed E-state index contributed by atoms with van der Waals surface area (Å²) in [6.07, 6.45) is 7.11. The number of benzene rings is 3. The van der Waals surface area contributed by atoms with E-state index < -0.39 is 0 Å². The normalized spacial score (nSPS) is 15.9. The minimum Gasteiger partial charge on any atom is -0.370 e. The summed E-state index contributed by atoms with van der Waals surface area (Å²) < 4.78 is 0. The highest BCUT2D eigenvalue weighted by Crippen LogP contribution is 2.38.